The van der Waals surface area contributed by atoms with E-state index in [0.29, 0.717) is 23.6 Å². The van der Waals surface area contributed by atoms with Gasteiger partial charge in [0, 0.05) is 54.2 Å². The Morgan fingerprint density at radius 3 is 2.65 bits per heavy atom. The number of anilines is 1. The van der Waals surface area contributed by atoms with Gasteiger partial charge in [-0.1, -0.05) is 17.7 Å². The van der Waals surface area contributed by atoms with Gasteiger partial charge in [-0.15, -0.1) is 0 Å². The van der Waals surface area contributed by atoms with Crippen LogP contribution in [0, 0.1) is 20.8 Å². The maximum absolute atomic E-state index is 12.9. The van der Waals surface area contributed by atoms with Crippen LogP contribution in [-0.4, -0.2) is 27.4 Å². The van der Waals surface area contributed by atoms with Crippen LogP contribution in [0.25, 0.3) is 10.9 Å². The van der Waals surface area contributed by atoms with Gasteiger partial charge >= 0.3 is 0 Å². The normalized spacial score (nSPS) is 11.0. The molecule has 3 heterocycles. The lowest BCUT2D eigenvalue weighted by Gasteiger charge is -2.17. The van der Waals surface area contributed by atoms with Crippen molar-refractivity contribution < 1.29 is 4.79 Å². The predicted molar refractivity (Wildman–Crippen MR) is 138 cm³/mol. The molecule has 0 aliphatic heterocycles. The summed E-state index contributed by atoms with van der Waals surface area (Å²) in [5.41, 5.74) is 7.59. The molecule has 1 amide bonds. The number of carbonyl (C=O) groups is 1. The van der Waals surface area contributed by atoms with Crippen molar-refractivity contribution in [2.45, 2.75) is 40.7 Å². The number of halogens is 1. The number of aryl methyl sites for hydroxylation is 1. The summed E-state index contributed by atoms with van der Waals surface area (Å²) in [7, 11) is 0. The van der Waals surface area contributed by atoms with Crippen LogP contribution in [0.1, 0.15) is 50.9 Å². The fraction of sp³-hybridized carbons (Fsp3) is 0.259. The fourth-order valence-electron chi connectivity index (χ4n) is 4.05. The molecule has 6 nitrogen and oxygen atoms in total. The minimum atomic E-state index is -0.134. The second kappa shape index (κ2) is 10.2. The molecule has 7 heteroatoms. The van der Waals surface area contributed by atoms with Crippen LogP contribution in [0.4, 0.5) is 5.82 Å². The Hall–Kier alpha value is -3.51. The topological polar surface area (TPSA) is 79.8 Å². The van der Waals surface area contributed by atoms with E-state index in [0.717, 1.165) is 56.9 Å². The Balaban J connectivity index is 1.48. The Morgan fingerprint density at radius 2 is 1.85 bits per heavy atom. The molecular weight excluding hydrogens is 446 g/mol. The molecule has 0 bridgehead atoms. The number of carbonyl (C=O) groups excluding carboxylic acids is 1. The standard InChI is InChI=1S/C27H28ClN5O/c1-5-29-26-17(3)16(2)24(18(4)33-26)15-32-27(34)20-8-9-30-23(13-20)11-19-6-7-25-21(10-19)12-22(28)14-31-25/h6-10,12-14H,5,11,15H2,1-4H3,(H,29,33)(H,32,34). The summed E-state index contributed by atoms with van der Waals surface area (Å²) in [6, 6.07) is 11.5. The van der Waals surface area contributed by atoms with Crippen LogP contribution in [-0.2, 0) is 13.0 Å². The number of benzene rings is 1. The van der Waals surface area contributed by atoms with Gasteiger partial charge in [0.15, 0.2) is 0 Å². The first-order chi connectivity index (χ1) is 16.4. The molecule has 0 aliphatic carbocycles. The van der Waals surface area contributed by atoms with E-state index in [1.54, 1.807) is 18.5 Å². The van der Waals surface area contributed by atoms with Gasteiger partial charge in [0.2, 0.25) is 0 Å². The van der Waals surface area contributed by atoms with E-state index in [9.17, 15) is 4.79 Å². The summed E-state index contributed by atoms with van der Waals surface area (Å²) >= 11 is 6.08. The molecule has 1 aromatic carbocycles. The minimum Gasteiger partial charge on any atom is -0.370 e. The Morgan fingerprint density at radius 1 is 1.03 bits per heavy atom. The number of fused-ring (bicyclic) bond motifs is 1. The summed E-state index contributed by atoms with van der Waals surface area (Å²) in [6.45, 7) is 9.39. The maximum Gasteiger partial charge on any atom is 0.251 e. The van der Waals surface area contributed by atoms with Crippen LogP contribution in [0.5, 0.6) is 0 Å². The van der Waals surface area contributed by atoms with Gasteiger partial charge in [0.05, 0.1) is 10.5 Å². The van der Waals surface area contributed by atoms with Crippen molar-refractivity contribution in [3.8, 4) is 0 Å². The highest BCUT2D eigenvalue weighted by Crippen LogP contribution is 2.23. The number of amides is 1. The molecule has 0 saturated carbocycles. The molecular formula is C27H28ClN5O. The monoisotopic (exact) mass is 473 g/mol. The Labute approximate surface area is 204 Å². The molecule has 0 spiro atoms. The predicted octanol–water partition coefficient (Wildman–Crippen LogP) is 5.56. The van der Waals surface area contributed by atoms with Gasteiger partial charge in [0.1, 0.15) is 5.82 Å². The molecule has 0 unspecified atom stereocenters. The molecule has 0 radical (unpaired) electrons. The maximum atomic E-state index is 12.9. The van der Waals surface area contributed by atoms with E-state index in [-0.39, 0.29) is 5.91 Å². The van der Waals surface area contributed by atoms with Crippen LogP contribution in [0.15, 0.2) is 48.8 Å². The van der Waals surface area contributed by atoms with Gasteiger partial charge in [-0.3, -0.25) is 14.8 Å². The number of rotatable bonds is 7. The van der Waals surface area contributed by atoms with Crippen LogP contribution >= 0.6 is 11.6 Å². The van der Waals surface area contributed by atoms with Crippen LogP contribution < -0.4 is 10.6 Å². The summed E-state index contributed by atoms with van der Waals surface area (Å²) in [6.07, 6.45) is 3.93. The molecule has 0 saturated heterocycles. The van der Waals surface area contributed by atoms with E-state index in [2.05, 4.69) is 52.4 Å². The summed E-state index contributed by atoms with van der Waals surface area (Å²) in [4.78, 5) is 26.4. The smallest absolute Gasteiger partial charge is 0.251 e. The van der Waals surface area contributed by atoms with Crippen molar-refractivity contribution in [1.29, 1.82) is 0 Å². The molecule has 34 heavy (non-hydrogen) atoms. The van der Waals surface area contributed by atoms with Gasteiger partial charge in [0.25, 0.3) is 5.91 Å². The highest BCUT2D eigenvalue weighted by molar-refractivity contribution is 6.31. The zero-order valence-corrected chi connectivity index (χ0v) is 20.6. The zero-order chi connectivity index (χ0) is 24.2. The van der Waals surface area contributed by atoms with E-state index in [1.165, 1.54) is 0 Å². The molecule has 4 rings (SSSR count). The number of hydrogen-bond acceptors (Lipinski definition) is 5. The molecule has 0 aliphatic rings. The first-order valence-electron chi connectivity index (χ1n) is 11.3. The van der Waals surface area contributed by atoms with E-state index < -0.39 is 0 Å². The lowest BCUT2D eigenvalue weighted by Crippen LogP contribution is -2.24. The zero-order valence-electron chi connectivity index (χ0n) is 19.9. The second-order valence-electron chi connectivity index (χ2n) is 8.38. The summed E-state index contributed by atoms with van der Waals surface area (Å²) < 4.78 is 0. The molecule has 2 N–H and O–H groups in total. The van der Waals surface area contributed by atoms with Gasteiger partial charge in [-0.2, -0.15) is 0 Å². The van der Waals surface area contributed by atoms with E-state index in [1.807, 2.05) is 31.2 Å². The third-order valence-corrected chi connectivity index (χ3v) is 6.24. The Kier molecular flexibility index (Phi) is 7.08. The lowest BCUT2D eigenvalue weighted by atomic mass is 10.0. The number of hydrogen-bond donors (Lipinski definition) is 2. The fourth-order valence-corrected chi connectivity index (χ4v) is 4.22. The first-order valence-corrected chi connectivity index (χ1v) is 11.7. The van der Waals surface area contributed by atoms with Crippen molar-refractivity contribution in [3.05, 3.63) is 93.0 Å². The van der Waals surface area contributed by atoms with Gasteiger partial charge in [-0.25, -0.2) is 4.98 Å². The highest BCUT2D eigenvalue weighted by atomic mass is 35.5. The highest BCUT2D eigenvalue weighted by Gasteiger charge is 2.14. The third kappa shape index (κ3) is 5.18. The number of aromatic nitrogens is 3. The largest absolute Gasteiger partial charge is 0.370 e. The van der Waals surface area contributed by atoms with Gasteiger partial charge in [-0.05, 0) is 80.3 Å². The number of pyridine rings is 3. The van der Waals surface area contributed by atoms with Crippen molar-refractivity contribution in [1.82, 2.24) is 20.3 Å². The van der Waals surface area contributed by atoms with Gasteiger partial charge < -0.3 is 10.6 Å². The molecule has 0 atom stereocenters. The van der Waals surface area contributed by atoms with E-state index in [4.69, 9.17) is 11.6 Å². The molecule has 174 valence electrons. The van der Waals surface area contributed by atoms with Crippen LogP contribution in [0.2, 0.25) is 5.02 Å². The Bertz CT molecular complexity index is 1370. The lowest BCUT2D eigenvalue weighted by molar-refractivity contribution is 0.0950. The van der Waals surface area contributed by atoms with Crippen LogP contribution in [0.3, 0.4) is 0 Å². The van der Waals surface area contributed by atoms with Crippen molar-refractivity contribution in [2.24, 2.45) is 0 Å². The minimum absolute atomic E-state index is 0.134. The molecule has 4 aromatic rings. The molecule has 3 aromatic heterocycles. The average Bonchev–Trinajstić information content (AvgIpc) is 2.82. The number of nitrogens with one attached hydrogen (secondary N) is 2. The summed E-state index contributed by atoms with van der Waals surface area (Å²) in [5, 5.41) is 7.93. The summed E-state index contributed by atoms with van der Waals surface area (Å²) in [5.74, 6) is 0.767. The quantitative estimate of drug-likeness (QED) is 0.367. The van der Waals surface area contributed by atoms with Crippen molar-refractivity contribution >= 4 is 34.2 Å². The third-order valence-electron chi connectivity index (χ3n) is 6.03. The number of nitrogens with zero attached hydrogens (tertiary/aromatic N) is 3. The van der Waals surface area contributed by atoms with E-state index >= 15 is 0 Å². The van der Waals surface area contributed by atoms with Crippen molar-refractivity contribution in [2.75, 3.05) is 11.9 Å². The van der Waals surface area contributed by atoms with Crippen molar-refractivity contribution in [3.63, 3.8) is 0 Å². The first kappa shape index (κ1) is 23.6. The second-order valence-corrected chi connectivity index (χ2v) is 8.82. The average molecular weight is 474 g/mol. The molecule has 0 fully saturated rings. The SMILES string of the molecule is CCNc1nc(C)c(CNC(=O)c2ccnc(Cc3ccc4ncc(Cl)cc4c3)c2)c(C)c1C.